The second-order valence-electron chi connectivity index (χ2n) is 11.8. The average Bonchev–Trinajstić information content (AvgIpc) is 3.00. The Balaban J connectivity index is 1.90. The molecule has 2 aliphatic rings. The van der Waals surface area contributed by atoms with Crippen LogP contribution in [-0.4, -0.2) is 102 Å². The van der Waals surface area contributed by atoms with Gasteiger partial charge < -0.3 is 34.6 Å². The van der Waals surface area contributed by atoms with Gasteiger partial charge in [0.05, 0.1) is 36.9 Å². The van der Waals surface area contributed by atoms with Crippen LogP contribution in [0.3, 0.4) is 0 Å². The maximum atomic E-state index is 12.4. The predicted octanol–water partition coefficient (Wildman–Crippen LogP) is 2.60. The Morgan fingerprint density at radius 3 is 2.59 bits per heavy atom. The van der Waals surface area contributed by atoms with Crippen LogP contribution >= 0.6 is 0 Å². The molecular formula is C33H50N4O9. The summed E-state index contributed by atoms with van der Waals surface area (Å²) in [5, 5.41) is 32.0. The van der Waals surface area contributed by atoms with Gasteiger partial charge in [0.25, 0.3) is 5.91 Å². The highest BCUT2D eigenvalue weighted by Gasteiger charge is 2.37. The van der Waals surface area contributed by atoms with Crippen LogP contribution in [-0.2, 0) is 33.5 Å². The molecule has 2 fully saturated rings. The van der Waals surface area contributed by atoms with Gasteiger partial charge >= 0.3 is 5.97 Å². The molecule has 4 N–H and O–H groups in total. The lowest BCUT2D eigenvalue weighted by molar-refractivity contribution is -0.198. The number of ether oxygens (including phenoxy) is 2. The quantitative estimate of drug-likeness (QED) is 0.0549. The van der Waals surface area contributed by atoms with Crippen molar-refractivity contribution in [3.8, 4) is 0 Å². The molecule has 46 heavy (non-hydrogen) atoms. The first-order valence-corrected chi connectivity index (χ1v) is 15.8. The topological polar surface area (TPSA) is 188 Å². The van der Waals surface area contributed by atoms with Crippen LogP contribution in [0, 0.1) is 17.2 Å². The van der Waals surface area contributed by atoms with E-state index in [1.807, 2.05) is 26.0 Å². The second-order valence-corrected chi connectivity index (χ2v) is 11.8. The molecule has 2 amide bonds. The van der Waals surface area contributed by atoms with Gasteiger partial charge in [0.15, 0.2) is 0 Å². The summed E-state index contributed by atoms with van der Waals surface area (Å²) in [7, 11) is 1.30. The van der Waals surface area contributed by atoms with Gasteiger partial charge in [-0.05, 0) is 52.0 Å². The van der Waals surface area contributed by atoms with Crippen molar-refractivity contribution < 1.29 is 43.7 Å². The summed E-state index contributed by atoms with van der Waals surface area (Å²) in [5.41, 5.74) is 0.912. The molecule has 256 valence electrons. The van der Waals surface area contributed by atoms with Crippen molar-refractivity contribution in [1.29, 1.82) is 5.41 Å². The van der Waals surface area contributed by atoms with E-state index < -0.39 is 36.1 Å². The zero-order valence-electron chi connectivity index (χ0n) is 27.5. The zero-order chi connectivity index (χ0) is 34.2. The number of hydroxylamine groups is 2. The molecule has 0 spiro atoms. The summed E-state index contributed by atoms with van der Waals surface area (Å²) in [5.74, 6) is -1.59. The van der Waals surface area contributed by atoms with E-state index in [1.165, 1.54) is 19.3 Å². The van der Waals surface area contributed by atoms with Gasteiger partial charge in [-0.2, -0.15) is 5.06 Å². The number of aliphatic hydroxyl groups is 2. The van der Waals surface area contributed by atoms with E-state index in [-0.39, 0.29) is 74.6 Å². The van der Waals surface area contributed by atoms with Crippen LogP contribution in [0.25, 0.3) is 0 Å². The summed E-state index contributed by atoms with van der Waals surface area (Å²) in [6.07, 6.45) is 9.79. The number of hydrogen-bond acceptors (Lipinski definition) is 10. The van der Waals surface area contributed by atoms with Crippen LogP contribution in [0.1, 0.15) is 72.6 Å². The second kappa shape index (κ2) is 19.9. The molecule has 6 unspecified atom stereocenters. The third-order valence-electron chi connectivity index (χ3n) is 8.06. The molecule has 0 aliphatic carbocycles. The molecule has 2 heterocycles. The fraction of sp³-hybridized carbons (Fsp3) is 0.636. The Morgan fingerprint density at radius 1 is 1.17 bits per heavy atom. The van der Waals surface area contributed by atoms with Crippen molar-refractivity contribution in [2.75, 3.05) is 13.7 Å². The lowest BCUT2D eigenvalue weighted by Gasteiger charge is -2.39. The summed E-state index contributed by atoms with van der Waals surface area (Å²) in [6.45, 7) is 7.38. The monoisotopic (exact) mass is 646 g/mol. The molecule has 0 aromatic heterocycles. The SMILES string of the molecule is CC=NC(=N)C/C=C\C(=O)NC1CC(C)C(C/C=C(C)/C=C/C2O[C@H](CC(=O)ON(C)C(=O)CCC=O)CC(CO)[C@@H]2O)OC1C. The summed E-state index contributed by atoms with van der Waals surface area (Å²) < 4.78 is 12.2. The number of carbonyl (C=O) groups is 4. The number of nitrogens with zero attached hydrogens (tertiary/aromatic N) is 2. The predicted molar refractivity (Wildman–Crippen MR) is 172 cm³/mol. The first kappa shape index (κ1) is 38.7. The number of allylic oxidation sites excluding steroid dienone is 2. The number of aliphatic hydroxyl groups excluding tert-OH is 2. The van der Waals surface area contributed by atoms with Gasteiger partial charge in [0.1, 0.15) is 18.2 Å². The summed E-state index contributed by atoms with van der Waals surface area (Å²) in [4.78, 5) is 56.1. The van der Waals surface area contributed by atoms with Crippen molar-refractivity contribution in [3.63, 3.8) is 0 Å². The molecule has 2 rings (SSSR count). The maximum Gasteiger partial charge on any atom is 0.335 e. The molecule has 8 atom stereocenters. The van der Waals surface area contributed by atoms with Gasteiger partial charge in [-0.25, -0.2) is 9.79 Å². The lowest BCUT2D eigenvalue weighted by atomic mass is 9.87. The molecule has 2 aliphatic heterocycles. The Bertz CT molecular complexity index is 1170. The van der Waals surface area contributed by atoms with Crippen LogP contribution in [0.15, 0.2) is 40.9 Å². The zero-order valence-corrected chi connectivity index (χ0v) is 27.5. The minimum atomic E-state index is -0.976. The number of amides is 2. The van der Waals surface area contributed by atoms with E-state index in [0.717, 1.165) is 17.1 Å². The van der Waals surface area contributed by atoms with Crippen molar-refractivity contribution >= 4 is 36.1 Å². The van der Waals surface area contributed by atoms with Gasteiger partial charge in [-0.3, -0.25) is 15.0 Å². The molecular weight excluding hydrogens is 596 g/mol. The third-order valence-corrected chi connectivity index (χ3v) is 8.06. The molecule has 13 heteroatoms. The number of aliphatic imine (C=N–C) groups is 1. The number of aldehydes is 1. The number of amidine groups is 1. The first-order valence-electron chi connectivity index (χ1n) is 15.8. The van der Waals surface area contributed by atoms with E-state index in [2.05, 4.69) is 17.2 Å². The fourth-order valence-corrected chi connectivity index (χ4v) is 5.39. The number of hydrogen-bond donors (Lipinski definition) is 4. The smallest absolute Gasteiger partial charge is 0.335 e. The normalized spacial score (nSPS) is 28.8. The van der Waals surface area contributed by atoms with Crippen LogP contribution in [0.5, 0.6) is 0 Å². The minimum Gasteiger partial charge on any atom is -0.396 e. The maximum absolute atomic E-state index is 12.4. The van der Waals surface area contributed by atoms with Gasteiger partial charge in [0.2, 0.25) is 5.91 Å². The van der Waals surface area contributed by atoms with E-state index in [1.54, 1.807) is 19.1 Å². The Morgan fingerprint density at radius 2 is 1.91 bits per heavy atom. The molecule has 0 radical (unpaired) electrons. The number of nitrogens with one attached hydrogen (secondary N) is 2. The Hall–Kier alpha value is -3.52. The fourth-order valence-electron chi connectivity index (χ4n) is 5.39. The first-order chi connectivity index (χ1) is 21.9. The van der Waals surface area contributed by atoms with Crippen molar-refractivity contribution in [3.05, 3.63) is 36.0 Å². The molecule has 0 aromatic rings. The van der Waals surface area contributed by atoms with E-state index in [4.69, 9.17) is 19.7 Å². The standard InChI is InChI=1S/C33H50N4O9/c1-6-35-29(34)9-7-10-30(40)36-26-17-22(3)27(44-23(26)4)14-12-21(2)13-15-28-33(43)24(20-39)18-25(45-28)19-32(42)46-37(5)31(41)11-8-16-38/h6-7,10,12-13,15-16,22-28,33-34,39,43H,8-9,11,14,17-20H2,1-5H3,(H,36,40)/b10-7-,15-13+,21-12+,34-29?,35-6?/t22?,23?,24?,25-,26?,27?,28?,33-/m0/s1. The molecule has 2 saturated heterocycles. The molecule has 13 nitrogen and oxygen atoms in total. The summed E-state index contributed by atoms with van der Waals surface area (Å²) in [6, 6.07) is -0.139. The van der Waals surface area contributed by atoms with Crippen LogP contribution in [0.2, 0.25) is 0 Å². The number of rotatable bonds is 14. The van der Waals surface area contributed by atoms with E-state index >= 15 is 0 Å². The van der Waals surface area contributed by atoms with Crippen molar-refractivity contribution in [2.24, 2.45) is 16.8 Å². The van der Waals surface area contributed by atoms with Crippen molar-refractivity contribution in [1.82, 2.24) is 10.4 Å². The molecule has 0 aromatic carbocycles. The van der Waals surface area contributed by atoms with Crippen molar-refractivity contribution in [2.45, 2.75) is 109 Å². The lowest BCUT2D eigenvalue weighted by Crippen LogP contribution is -2.50. The van der Waals surface area contributed by atoms with Gasteiger partial charge in [-0.1, -0.05) is 36.8 Å². The van der Waals surface area contributed by atoms with Crippen LogP contribution in [0.4, 0.5) is 0 Å². The third kappa shape index (κ3) is 13.1. The summed E-state index contributed by atoms with van der Waals surface area (Å²) >= 11 is 0. The Kier molecular flexibility index (Phi) is 16.7. The van der Waals surface area contributed by atoms with Gasteiger partial charge in [-0.15, -0.1) is 0 Å². The molecule has 0 saturated carbocycles. The highest BCUT2D eigenvalue weighted by Crippen LogP contribution is 2.30. The largest absolute Gasteiger partial charge is 0.396 e. The highest BCUT2D eigenvalue weighted by atomic mass is 16.7. The van der Waals surface area contributed by atoms with Gasteiger partial charge in [0, 0.05) is 45.0 Å². The Labute approximate surface area is 271 Å². The minimum absolute atomic E-state index is 0.0271. The number of carbonyl (C=O) groups excluding carboxylic acids is 4. The van der Waals surface area contributed by atoms with E-state index in [0.29, 0.717) is 12.7 Å². The average molecular weight is 647 g/mol. The van der Waals surface area contributed by atoms with Crippen LogP contribution < -0.4 is 5.32 Å². The van der Waals surface area contributed by atoms with E-state index in [9.17, 15) is 29.4 Å². The highest BCUT2D eigenvalue weighted by molar-refractivity contribution is 5.91. The molecule has 0 bridgehead atoms.